The Morgan fingerprint density at radius 3 is 2.24 bits per heavy atom. The molecule has 198 valence electrons. The molecule has 0 heterocycles. The SMILES string of the molecule is CC(=O)Cc1c(F)ccc(NC(=O)c2cc(NC(=O)[C@H]3[C@H](c4ccc(F)c(Cl)c4)C3(Cl)Cl)ccc2Cl)c1F. The third kappa shape index (κ3) is 5.64. The summed E-state index contributed by atoms with van der Waals surface area (Å²) in [6, 6.07) is 9.89. The summed E-state index contributed by atoms with van der Waals surface area (Å²) in [5.41, 5.74) is -0.320. The van der Waals surface area contributed by atoms with E-state index in [0.29, 0.717) is 5.56 Å². The molecular weight excluding hydrogens is 587 g/mol. The predicted octanol–water partition coefficient (Wildman–Crippen LogP) is 7.32. The number of Topliss-reactive ketones (excluding diaryl/α,β-unsaturated/α-hetero) is 1. The number of hydrogen-bond acceptors (Lipinski definition) is 3. The fourth-order valence-electron chi connectivity index (χ4n) is 4.07. The van der Waals surface area contributed by atoms with Crippen LogP contribution < -0.4 is 10.6 Å². The van der Waals surface area contributed by atoms with Gasteiger partial charge >= 0.3 is 0 Å². The molecule has 3 aromatic carbocycles. The van der Waals surface area contributed by atoms with Crippen molar-refractivity contribution in [2.45, 2.75) is 23.6 Å². The van der Waals surface area contributed by atoms with Crippen molar-refractivity contribution in [3.63, 3.8) is 0 Å². The summed E-state index contributed by atoms with van der Waals surface area (Å²) in [5.74, 6) is -6.10. The van der Waals surface area contributed by atoms with Crippen LogP contribution in [0.25, 0.3) is 0 Å². The lowest BCUT2D eigenvalue weighted by Crippen LogP contribution is -2.19. The fraction of sp³-hybridized carbons (Fsp3) is 0.192. The number of amides is 2. The van der Waals surface area contributed by atoms with Gasteiger partial charge in [0.2, 0.25) is 5.91 Å². The maximum absolute atomic E-state index is 14.8. The number of nitrogens with one attached hydrogen (secondary N) is 2. The molecule has 2 N–H and O–H groups in total. The number of carbonyl (C=O) groups excluding carboxylic acids is 3. The zero-order valence-corrected chi connectivity index (χ0v) is 22.4. The molecule has 1 aliphatic carbocycles. The Labute approximate surface area is 235 Å². The van der Waals surface area contributed by atoms with Crippen LogP contribution in [0.4, 0.5) is 24.5 Å². The van der Waals surface area contributed by atoms with E-state index in [1.165, 1.54) is 37.3 Å². The summed E-state index contributed by atoms with van der Waals surface area (Å²) in [6.07, 6.45) is -0.488. The first-order valence-electron chi connectivity index (χ1n) is 11.0. The van der Waals surface area contributed by atoms with Crippen molar-refractivity contribution in [3.05, 3.63) is 92.7 Å². The molecule has 0 radical (unpaired) electrons. The van der Waals surface area contributed by atoms with Crippen molar-refractivity contribution >= 4 is 75.4 Å². The van der Waals surface area contributed by atoms with E-state index >= 15 is 0 Å². The van der Waals surface area contributed by atoms with E-state index in [1.807, 2.05) is 0 Å². The van der Waals surface area contributed by atoms with E-state index < -0.39 is 63.2 Å². The molecule has 12 heteroatoms. The van der Waals surface area contributed by atoms with Gasteiger partial charge in [0.25, 0.3) is 5.91 Å². The monoisotopic (exact) mass is 602 g/mol. The zero-order chi connectivity index (χ0) is 27.9. The highest BCUT2D eigenvalue weighted by Gasteiger charge is 2.67. The second-order valence-electron chi connectivity index (χ2n) is 8.71. The standard InChI is InChI=1S/C26H17Cl4F3N2O3/c1-11(36)8-15-18(31)6-7-20(23(15)33)35-24(37)14-10-13(3-4-16(14)27)34-25(38)22-21(26(22,29)30)12-2-5-19(32)17(28)9-12/h2-7,9-10,21-22H,8H2,1H3,(H,34,38)(H,35,37)/t21-,22+/m0/s1. The molecule has 0 saturated heterocycles. The molecule has 0 aliphatic heterocycles. The minimum Gasteiger partial charge on any atom is -0.326 e. The lowest BCUT2D eigenvalue weighted by Gasteiger charge is -2.12. The molecule has 38 heavy (non-hydrogen) atoms. The third-order valence-electron chi connectivity index (χ3n) is 5.98. The number of benzene rings is 3. The molecule has 0 bridgehead atoms. The molecule has 4 rings (SSSR count). The molecule has 5 nitrogen and oxygen atoms in total. The van der Waals surface area contributed by atoms with Crippen LogP contribution in [0.5, 0.6) is 0 Å². The van der Waals surface area contributed by atoms with Gasteiger partial charge in [0.1, 0.15) is 21.8 Å². The molecule has 1 saturated carbocycles. The van der Waals surface area contributed by atoms with Crippen LogP contribution in [0.1, 0.15) is 34.3 Å². The van der Waals surface area contributed by atoms with E-state index in [1.54, 1.807) is 0 Å². The molecule has 2 atom stereocenters. The van der Waals surface area contributed by atoms with Gasteiger partial charge in [-0.1, -0.05) is 29.3 Å². The molecule has 0 aromatic heterocycles. The fourth-order valence-corrected chi connectivity index (χ4v) is 5.29. The van der Waals surface area contributed by atoms with Gasteiger partial charge in [-0.15, -0.1) is 23.2 Å². The van der Waals surface area contributed by atoms with Gasteiger partial charge in [0.15, 0.2) is 5.82 Å². The average molecular weight is 604 g/mol. The van der Waals surface area contributed by atoms with Crippen molar-refractivity contribution in [1.29, 1.82) is 0 Å². The topological polar surface area (TPSA) is 75.3 Å². The molecule has 1 fully saturated rings. The number of halogens is 7. The van der Waals surface area contributed by atoms with Gasteiger partial charge in [-0.3, -0.25) is 14.4 Å². The van der Waals surface area contributed by atoms with E-state index in [4.69, 9.17) is 46.4 Å². The summed E-state index contributed by atoms with van der Waals surface area (Å²) in [7, 11) is 0. The highest BCUT2D eigenvalue weighted by Crippen LogP contribution is 2.65. The normalized spacial score (nSPS) is 17.6. The Morgan fingerprint density at radius 2 is 1.58 bits per heavy atom. The van der Waals surface area contributed by atoms with Crippen LogP contribution in [0.15, 0.2) is 48.5 Å². The van der Waals surface area contributed by atoms with E-state index in [0.717, 1.165) is 18.2 Å². The Kier molecular flexibility index (Phi) is 8.00. The highest BCUT2D eigenvalue weighted by molar-refractivity contribution is 6.53. The molecule has 0 unspecified atom stereocenters. The van der Waals surface area contributed by atoms with E-state index in [-0.39, 0.29) is 27.0 Å². The van der Waals surface area contributed by atoms with Crippen molar-refractivity contribution in [2.24, 2.45) is 5.92 Å². The maximum Gasteiger partial charge on any atom is 0.257 e. The Morgan fingerprint density at radius 1 is 0.895 bits per heavy atom. The number of rotatable bonds is 7. The number of alkyl halides is 2. The minimum absolute atomic E-state index is 0.0127. The largest absolute Gasteiger partial charge is 0.326 e. The number of ketones is 1. The summed E-state index contributed by atoms with van der Waals surface area (Å²) < 4.78 is 40.8. The minimum atomic E-state index is -1.48. The van der Waals surface area contributed by atoms with Gasteiger partial charge < -0.3 is 10.6 Å². The maximum atomic E-state index is 14.8. The van der Waals surface area contributed by atoms with E-state index in [9.17, 15) is 27.6 Å². The van der Waals surface area contributed by atoms with Crippen molar-refractivity contribution in [2.75, 3.05) is 10.6 Å². The summed E-state index contributed by atoms with van der Waals surface area (Å²) >= 11 is 24.6. The van der Waals surface area contributed by atoms with Gasteiger partial charge in [-0.25, -0.2) is 13.2 Å². The van der Waals surface area contributed by atoms with Crippen molar-refractivity contribution in [1.82, 2.24) is 0 Å². The first-order valence-corrected chi connectivity index (χ1v) is 12.5. The average Bonchev–Trinajstić information content (AvgIpc) is 3.43. The molecule has 3 aromatic rings. The molecule has 2 amide bonds. The van der Waals surface area contributed by atoms with Crippen LogP contribution in [0.2, 0.25) is 10.0 Å². The van der Waals surface area contributed by atoms with Crippen LogP contribution >= 0.6 is 46.4 Å². The van der Waals surface area contributed by atoms with Gasteiger partial charge in [0.05, 0.1) is 27.2 Å². The van der Waals surface area contributed by atoms with Gasteiger partial charge in [-0.2, -0.15) is 0 Å². The van der Waals surface area contributed by atoms with Crippen molar-refractivity contribution < 1.29 is 27.6 Å². The third-order valence-corrected chi connectivity index (χ3v) is 7.54. The Balaban J connectivity index is 1.52. The second kappa shape index (κ2) is 10.8. The lowest BCUT2D eigenvalue weighted by molar-refractivity contribution is -0.117. The smallest absolute Gasteiger partial charge is 0.257 e. The molecule has 1 aliphatic rings. The predicted molar refractivity (Wildman–Crippen MR) is 141 cm³/mol. The summed E-state index contributed by atoms with van der Waals surface area (Å²) in [6.45, 7) is 1.18. The zero-order valence-electron chi connectivity index (χ0n) is 19.4. The van der Waals surface area contributed by atoms with Crippen molar-refractivity contribution in [3.8, 4) is 0 Å². The van der Waals surface area contributed by atoms with Crippen LogP contribution in [-0.4, -0.2) is 21.9 Å². The lowest BCUT2D eigenvalue weighted by atomic mass is 10.1. The molecule has 0 spiro atoms. The Bertz CT molecular complexity index is 1480. The van der Waals surface area contributed by atoms with Crippen LogP contribution in [-0.2, 0) is 16.0 Å². The van der Waals surface area contributed by atoms with Gasteiger partial charge in [-0.05, 0) is 55.0 Å². The van der Waals surface area contributed by atoms with Gasteiger partial charge in [0, 0.05) is 23.6 Å². The number of hydrogen-bond donors (Lipinski definition) is 2. The highest BCUT2D eigenvalue weighted by atomic mass is 35.5. The first kappa shape index (κ1) is 28.2. The number of carbonyl (C=O) groups is 3. The van der Waals surface area contributed by atoms with E-state index in [2.05, 4.69) is 10.6 Å². The van der Waals surface area contributed by atoms with Crippen LogP contribution in [0.3, 0.4) is 0 Å². The number of anilines is 2. The summed E-state index contributed by atoms with van der Waals surface area (Å²) in [5, 5.41) is 4.75. The molecular formula is C26H17Cl4F3N2O3. The summed E-state index contributed by atoms with van der Waals surface area (Å²) in [4.78, 5) is 37.2. The Hall–Kier alpha value is -2.78. The van der Waals surface area contributed by atoms with Crippen LogP contribution in [0, 0.1) is 23.4 Å². The quantitative estimate of drug-likeness (QED) is 0.278. The second-order valence-corrected chi connectivity index (χ2v) is 11.0. The first-order chi connectivity index (χ1) is 17.8.